The van der Waals surface area contributed by atoms with Crippen LogP contribution in [0, 0.1) is 11.8 Å². The molecule has 2 N–H and O–H groups in total. The topological polar surface area (TPSA) is 104 Å². The average Bonchev–Trinajstić information content (AvgIpc) is 2.77. The molecule has 1 aromatic carbocycles. The lowest BCUT2D eigenvalue weighted by Gasteiger charge is -2.55. The number of aliphatic carboxylic acids is 2. The van der Waals surface area contributed by atoms with Crippen LogP contribution in [0.4, 0.5) is 0 Å². The van der Waals surface area contributed by atoms with Crippen molar-refractivity contribution >= 4 is 11.9 Å². The van der Waals surface area contributed by atoms with E-state index in [1.54, 1.807) is 0 Å². The van der Waals surface area contributed by atoms with Crippen molar-refractivity contribution in [3.63, 3.8) is 0 Å². The van der Waals surface area contributed by atoms with E-state index in [-0.39, 0.29) is 17.5 Å². The number of likely N-dealkylation sites (N-methyl/N-ethyl adjacent to an activating group) is 1. The minimum Gasteiger partial charge on any atom is -0.478 e. The minimum absolute atomic E-state index is 0.00308. The molecule has 2 aromatic rings. The number of rotatable bonds is 4. The van der Waals surface area contributed by atoms with Gasteiger partial charge in [-0.15, -0.1) is 5.10 Å². The van der Waals surface area contributed by atoms with E-state index in [9.17, 15) is 19.8 Å². The summed E-state index contributed by atoms with van der Waals surface area (Å²) in [7, 11) is 1.91. The van der Waals surface area contributed by atoms with Crippen LogP contribution in [-0.4, -0.2) is 55.9 Å². The number of hydrogen-bond donors (Lipinski definition) is 2. The van der Waals surface area contributed by atoms with Crippen LogP contribution in [0.1, 0.15) is 55.0 Å². The molecular weight excluding hydrogens is 406 g/mol. The number of nitrogens with zero attached hydrogens (tertiary/aromatic N) is 3. The first-order valence-electron chi connectivity index (χ1n) is 10.7. The first kappa shape index (κ1) is 21.7. The molecule has 0 saturated carbocycles. The van der Waals surface area contributed by atoms with Crippen molar-refractivity contribution in [2.75, 3.05) is 7.05 Å². The predicted molar refractivity (Wildman–Crippen MR) is 118 cm³/mol. The third kappa shape index (κ3) is 4.27. The standard InChI is InChI=1S/C25H25N3O4/c1-28-20-8-5-13-25(28,21(24(31)32)15-23(29)30)16-18(14-20)22-12-11-19(26-27-22)10-9-17-6-3-2-4-7-17/h2-4,6-7,11-12,15,18,20H,5,8,13-14,16H2,1H3,(H,29,30)(H,31,32)/b21-15-. The van der Waals surface area contributed by atoms with Crippen LogP contribution in [0.25, 0.3) is 0 Å². The van der Waals surface area contributed by atoms with Gasteiger partial charge in [-0.05, 0) is 69.3 Å². The zero-order valence-corrected chi connectivity index (χ0v) is 17.9. The molecule has 0 radical (unpaired) electrons. The maximum atomic E-state index is 12.0. The largest absolute Gasteiger partial charge is 0.478 e. The molecule has 2 fully saturated rings. The second-order valence-electron chi connectivity index (χ2n) is 8.49. The first-order valence-corrected chi connectivity index (χ1v) is 10.7. The fourth-order valence-electron chi connectivity index (χ4n) is 5.15. The molecule has 0 amide bonds. The number of fused-ring (bicyclic) bond motifs is 2. The third-order valence-electron chi connectivity index (χ3n) is 6.70. The monoisotopic (exact) mass is 431 g/mol. The molecule has 2 saturated heterocycles. The molecule has 7 nitrogen and oxygen atoms in total. The molecule has 2 aliphatic rings. The first-order chi connectivity index (χ1) is 15.4. The van der Waals surface area contributed by atoms with Crippen LogP contribution >= 0.6 is 0 Å². The Hall–Kier alpha value is -3.50. The number of aromatic nitrogens is 2. The smallest absolute Gasteiger partial charge is 0.333 e. The summed E-state index contributed by atoms with van der Waals surface area (Å²) < 4.78 is 0. The summed E-state index contributed by atoms with van der Waals surface area (Å²) in [6.07, 6.45) is 4.61. The lowest BCUT2D eigenvalue weighted by atomic mass is 9.66. The van der Waals surface area contributed by atoms with Gasteiger partial charge in [-0.3, -0.25) is 4.90 Å². The van der Waals surface area contributed by atoms with Crippen molar-refractivity contribution in [2.24, 2.45) is 0 Å². The van der Waals surface area contributed by atoms with Crippen LogP contribution in [0.5, 0.6) is 0 Å². The van der Waals surface area contributed by atoms with Crippen molar-refractivity contribution in [3.05, 3.63) is 71.1 Å². The molecule has 0 spiro atoms. The number of carbonyl (C=O) groups is 2. The van der Waals surface area contributed by atoms with E-state index in [0.29, 0.717) is 18.5 Å². The lowest BCUT2D eigenvalue weighted by Crippen LogP contribution is -2.61. The Bertz CT molecular complexity index is 1100. The van der Waals surface area contributed by atoms with Crippen molar-refractivity contribution < 1.29 is 19.8 Å². The van der Waals surface area contributed by atoms with Gasteiger partial charge < -0.3 is 10.2 Å². The quantitative estimate of drug-likeness (QED) is 0.566. The molecule has 3 heterocycles. The zero-order chi connectivity index (χ0) is 22.7. The van der Waals surface area contributed by atoms with E-state index >= 15 is 0 Å². The molecule has 7 heteroatoms. The maximum absolute atomic E-state index is 12.0. The van der Waals surface area contributed by atoms with Gasteiger partial charge in [-0.1, -0.05) is 24.1 Å². The van der Waals surface area contributed by atoms with Crippen molar-refractivity contribution in [1.29, 1.82) is 0 Å². The Kier molecular flexibility index (Phi) is 6.06. The molecule has 3 atom stereocenters. The van der Waals surface area contributed by atoms with Crippen LogP contribution in [0.3, 0.4) is 0 Å². The molecule has 32 heavy (non-hydrogen) atoms. The highest BCUT2D eigenvalue weighted by Gasteiger charge is 2.52. The summed E-state index contributed by atoms with van der Waals surface area (Å²) in [5, 5.41) is 27.8. The summed E-state index contributed by atoms with van der Waals surface area (Å²) in [6.45, 7) is 0. The molecule has 164 valence electrons. The lowest BCUT2D eigenvalue weighted by molar-refractivity contribution is -0.137. The molecular formula is C25H25N3O4. The van der Waals surface area contributed by atoms with Gasteiger partial charge in [0, 0.05) is 23.6 Å². The van der Waals surface area contributed by atoms with Crippen LogP contribution in [0.15, 0.2) is 54.1 Å². The van der Waals surface area contributed by atoms with E-state index < -0.39 is 17.5 Å². The van der Waals surface area contributed by atoms with E-state index in [1.165, 1.54) is 0 Å². The van der Waals surface area contributed by atoms with Gasteiger partial charge in [0.25, 0.3) is 0 Å². The van der Waals surface area contributed by atoms with Gasteiger partial charge in [-0.25, -0.2) is 9.59 Å². The highest BCUT2D eigenvalue weighted by atomic mass is 16.4. The Balaban J connectivity index is 1.62. The van der Waals surface area contributed by atoms with E-state index in [4.69, 9.17) is 0 Å². The van der Waals surface area contributed by atoms with E-state index in [1.807, 2.05) is 49.5 Å². The second kappa shape index (κ2) is 8.93. The predicted octanol–water partition coefficient (Wildman–Crippen LogP) is 3.07. The molecule has 2 aliphatic heterocycles. The summed E-state index contributed by atoms with van der Waals surface area (Å²) in [4.78, 5) is 25.5. The van der Waals surface area contributed by atoms with Gasteiger partial charge in [0.15, 0.2) is 0 Å². The van der Waals surface area contributed by atoms with Crippen LogP contribution in [0.2, 0.25) is 0 Å². The average molecular weight is 431 g/mol. The Morgan fingerprint density at radius 2 is 1.91 bits per heavy atom. The second-order valence-corrected chi connectivity index (χ2v) is 8.49. The Morgan fingerprint density at radius 1 is 1.12 bits per heavy atom. The number of benzene rings is 1. The Labute approximate surface area is 186 Å². The normalized spacial score (nSPS) is 25.5. The molecule has 1 aromatic heterocycles. The minimum atomic E-state index is -1.24. The highest BCUT2D eigenvalue weighted by molar-refractivity contribution is 5.96. The van der Waals surface area contributed by atoms with Gasteiger partial charge in [-0.2, -0.15) is 5.10 Å². The number of piperidine rings is 2. The molecule has 3 unspecified atom stereocenters. The molecule has 4 rings (SSSR count). The molecule has 2 bridgehead atoms. The van der Waals surface area contributed by atoms with Gasteiger partial charge in [0.05, 0.1) is 16.8 Å². The molecule has 0 aliphatic carbocycles. The van der Waals surface area contributed by atoms with Gasteiger partial charge >= 0.3 is 11.9 Å². The van der Waals surface area contributed by atoms with Crippen LogP contribution in [-0.2, 0) is 9.59 Å². The van der Waals surface area contributed by atoms with E-state index in [0.717, 1.165) is 36.6 Å². The summed E-state index contributed by atoms with van der Waals surface area (Å²) in [5.74, 6) is 3.65. The summed E-state index contributed by atoms with van der Waals surface area (Å²) in [5.41, 5.74) is 1.37. The Morgan fingerprint density at radius 3 is 2.56 bits per heavy atom. The van der Waals surface area contributed by atoms with Crippen molar-refractivity contribution in [2.45, 2.75) is 49.6 Å². The van der Waals surface area contributed by atoms with Gasteiger partial charge in [0.2, 0.25) is 0 Å². The zero-order valence-electron chi connectivity index (χ0n) is 17.9. The third-order valence-corrected chi connectivity index (χ3v) is 6.70. The van der Waals surface area contributed by atoms with Crippen molar-refractivity contribution in [3.8, 4) is 11.8 Å². The fraction of sp³-hybridized carbons (Fsp3) is 0.360. The number of carboxylic acid groups (broad SMARTS) is 2. The summed E-state index contributed by atoms with van der Waals surface area (Å²) >= 11 is 0. The van der Waals surface area contributed by atoms with Crippen molar-refractivity contribution in [1.82, 2.24) is 15.1 Å². The fourth-order valence-corrected chi connectivity index (χ4v) is 5.15. The van der Waals surface area contributed by atoms with Crippen LogP contribution < -0.4 is 0 Å². The van der Waals surface area contributed by atoms with E-state index in [2.05, 4.69) is 26.9 Å². The maximum Gasteiger partial charge on any atom is 0.333 e. The number of hydrogen-bond acceptors (Lipinski definition) is 5. The summed E-state index contributed by atoms with van der Waals surface area (Å²) in [6, 6.07) is 13.6. The highest BCUT2D eigenvalue weighted by Crippen LogP contribution is 2.50. The number of carboxylic acids is 2. The van der Waals surface area contributed by atoms with Gasteiger partial charge in [0.1, 0.15) is 5.69 Å². The SMILES string of the molecule is CN1C2CCCC1(/C(=C\C(=O)O)C(=O)O)CC(c1ccc(C#Cc3ccccc3)nn1)C2.